The molecule has 2 aromatic heterocycles. The van der Waals surface area contributed by atoms with Crippen LogP contribution in [0.2, 0.25) is 0 Å². The summed E-state index contributed by atoms with van der Waals surface area (Å²) in [5, 5.41) is 4.87. The maximum Gasteiger partial charge on any atom is 0.201 e. The summed E-state index contributed by atoms with van der Waals surface area (Å²) in [5.41, 5.74) is 3.04. The number of carbonyl (C=O) groups is 2. The molecule has 1 saturated carbocycles. The lowest BCUT2D eigenvalue weighted by molar-refractivity contribution is -0.119. The standard InChI is InChI=1S/C26H26N4O2S/c31-23-15-26(32)33-24(23)14-20-10-12-28-25(30-20)13-17-6-8-19(9-7-17)29-16-18-3-1-5-22-21(18)4-2-11-27-22/h1-5,10-12,14,17,19,29H,6-9,13,15-16H2/b24-14-. The van der Waals surface area contributed by atoms with Gasteiger partial charge in [0.2, 0.25) is 5.12 Å². The number of aromatic nitrogens is 3. The van der Waals surface area contributed by atoms with Crippen LogP contribution in [0.5, 0.6) is 0 Å². The highest BCUT2D eigenvalue weighted by Crippen LogP contribution is 2.31. The summed E-state index contributed by atoms with van der Waals surface area (Å²) in [6.45, 7) is 0.859. The molecule has 3 heterocycles. The highest BCUT2D eigenvalue weighted by molar-refractivity contribution is 8.18. The highest BCUT2D eigenvalue weighted by atomic mass is 32.2. The summed E-state index contributed by atoms with van der Waals surface area (Å²) in [6.07, 6.45) is 10.7. The molecular weight excluding hydrogens is 432 g/mol. The Balaban J connectivity index is 1.14. The Morgan fingerprint density at radius 2 is 1.88 bits per heavy atom. The molecule has 0 unspecified atom stereocenters. The number of carbonyl (C=O) groups excluding carboxylic acids is 2. The van der Waals surface area contributed by atoms with Gasteiger partial charge in [-0.05, 0) is 73.2 Å². The first-order valence-corrected chi connectivity index (χ1v) is 12.3. The van der Waals surface area contributed by atoms with Crippen molar-refractivity contribution in [3.8, 4) is 0 Å². The lowest BCUT2D eigenvalue weighted by Gasteiger charge is -2.29. The number of hydrogen-bond donors (Lipinski definition) is 1. The molecule has 1 N–H and O–H groups in total. The van der Waals surface area contributed by atoms with Crippen LogP contribution in [0, 0.1) is 5.92 Å². The van der Waals surface area contributed by atoms with Gasteiger partial charge in [0.1, 0.15) is 5.82 Å². The van der Waals surface area contributed by atoms with Gasteiger partial charge in [-0.15, -0.1) is 0 Å². The van der Waals surface area contributed by atoms with Crippen LogP contribution >= 0.6 is 11.8 Å². The van der Waals surface area contributed by atoms with Gasteiger partial charge < -0.3 is 5.32 Å². The number of nitrogens with one attached hydrogen (secondary N) is 1. The molecule has 33 heavy (non-hydrogen) atoms. The van der Waals surface area contributed by atoms with Crippen LogP contribution in [-0.4, -0.2) is 31.9 Å². The average molecular weight is 459 g/mol. The molecule has 7 heteroatoms. The number of ketones is 1. The molecule has 6 nitrogen and oxygen atoms in total. The number of fused-ring (bicyclic) bond motifs is 1. The van der Waals surface area contributed by atoms with E-state index in [0.29, 0.717) is 22.6 Å². The van der Waals surface area contributed by atoms with E-state index in [1.54, 1.807) is 18.3 Å². The first-order chi connectivity index (χ1) is 16.1. The van der Waals surface area contributed by atoms with E-state index in [9.17, 15) is 9.59 Å². The number of rotatable bonds is 6. The van der Waals surface area contributed by atoms with E-state index in [4.69, 9.17) is 0 Å². The molecule has 5 rings (SSSR count). The molecule has 0 radical (unpaired) electrons. The lowest BCUT2D eigenvalue weighted by atomic mass is 9.84. The molecule has 0 atom stereocenters. The number of Topliss-reactive ketones (excluding diaryl/α,β-unsaturated/α-hetero) is 1. The fourth-order valence-electron chi connectivity index (χ4n) is 4.68. The van der Waals surface area contributed by atoms with E-state index >= 15 is 0 Å². The number of nitrogens with zero attached hydrogens (tertiary/aromatic N) is 3. The minimum absolute atomic E-state index is 0.0108. The summed E-state index contributed by atoms with van der Waals surface area (Å²) >= 11 is 1.02. The summed E-state index contributed by atoms with van der Waals surface area (Å²) < 4.78 is 0. The van der Waals surface area contributed by atoms with Crippen molar-refractivity contribution in [1.82, 2.24) is 20.3 Å². The number of hydrogen-bond acceptors (Lipinski definition) is 7. The molecule has 0 spiro atoms. The van der Waals surface area contributed by atoms with Crippen molar-refractivity contribution in [1.29, 1.82) is 0 Å². The second kappa shape index (κ2) is 9.93. The van der Waals surface area contributed by atoms with Crippen molar-refractivity contribution in [3.63, 3.8) is 0 Å². The molecule has 2 aliphatic rings. The third-order valence-corrected chi connectivity index (χ3v) is 7.38. The largest absolute Gasteiger partial charge is 0.310 e. The van der Waals surface area contributed by atoms with Gasteiger partial charge in [0.25, 0.3) is 0 Å². The van der Waals surface area contributed by atoms with E-state index < -0.39 is 0 Å². The quantitative estimate of drug-likeness (QED) is 0.430. The molecule has 1 aliphatic carbocycles. The fraction of sp³-hybridized carbons (Fsp3) is 0.346. The van der Waals surface area contributed by atoms with Crippen molar-refractivity contribution in [3.05, 3.63) is 70.8 Å². The van der Waals surface area contributed by atoms with E-state index in [2.05, 4.69) is 44.5 Å². The highest BCUT2D eigenvalue weighted by Gasteiger charge is 2.26. The normalized spacial score (nSPS) is 22.4. The van der Waals surface area contributed by atoms with Crippen LogP contribution < -0.4 is 5.32 Å². The Labute approximate surface area is 197 Å². The van der Waals surface area contributed by atoms with E-state index in [1.165, 1.54) is 10.9 Å². The van der Waals surface area contributed by atoms with Gasteiger partial charge in [-0.25, -0.2) is 9.97 Å². The van der Waals surface area contributed by atoms with Gasteiger partial charge in [-0.1, -0.05) is 18.2 Å². The van der Waals surface area contributed by atoms with E-state index in [0.717, 1.165) is 61.8 Å². The van der Waals surface area contributed by atoms with Gasteiger partial charge in [0.05, 0.1) is 22.5 Å². The molecule has 2 fully saturated rings. The number of thioether (sulfide) groups is 1. The van der Waals surface area contributed by atoms with E-state index in [-0.39, 0.29) is 17.3 Å². The first-order valence-electron chi connectivity index (χ1n) is 11.5. The number of pyridine rings is 1. The molecule has 1 saturated heterocycles. The summed E-state index contributed by atoms with van der Waals surface area (Å²) in [4.78, 5) is 37.3. The molecule has 168 valence electrons. The predicted octanol–water partition coefficient (Wildman–Crippen LogP) is 4.49. The van der Waals surface area contributed by atoms with Crippen LogP contribution in [0.3, 0.4) is 0 Å². The van der Waals surface area contributed by atoms with Crippen molar-refractivity contribution >= 4 is 39.6 Å². The average Bonchev–Trinajstić information content (AvgIpc) is 3.15. The van der Waals surface area contributed by atoms with Crippen molar-refractivity contribution < 1.29 is 9.59 Å². The first kappa shape index (κ1) is 21.9. The molecule has 0 bridgehead atoms. The smallest absolute Gasteiger partial charge is 0.201 e. The topological polar surface area (TPSA) is 84.8 Å². The fourth-order valence-corrected chi connectivity index (χ4v) is 5.49. The zero-order valence-electron chi connectivity index (χ0n) is 18.4. The van der Waals surface area contributed by atoms with Gasteiger partial charge in [0.15, 0.2) is 5.78 Å². The van der Waals surface area contributed by atoms with Crippen LogP contribution in [0.4, 0.5) is 0 Å². The van der Waals surface area contributed by atoms with Crippen molar-refractivity contribution in [2.45, 2.75) is 51.1 Å². The Morgan fingerprint density at radius 3 is 2.70 bits per heavy atom. The third kappa shape index (κ3) is 5.37. The van der Waals surface area contributed by atoms with Gasteiger partial charge in [0, 0.05) is 36.8 Å². The van der Waals surface area contributed by atoms with Crippen LogP contribution in [-0.2, 0) is 22.6 Å². The maximum absolute atomic E-state index is 11.9. The maximum atomic E-state index is 11.9. The van der Waals surface area contributed by atoms with Gasteiger partial charge in [-0.2, -0.15) is 0 Å². The second-order valence-corrected chi connectivity index (χ2v) is 9.87. The minimum atomic E-state index is -0.115. The molecule has 1 aromatic carbocycles. The molecular formula is C26H26N4O2S. The van der Waals surface area contributed by atoms with Crippen molar-refractivity contribution in [2.24, 2.45) is 5.92 Å². The zero-order valence-corrected chi connectivity index (χ0v) is 19.2. The van der Waals surface area contributed by atoms with E-state index in [1.807, 2.05) is 12.3 Å². The zero-order chi connectivity index (χ0) is 22.6. The van der Waals surface area contributed by atoms with Crippen molar-refractivity contribution in [2.75, 3.05) is 0 Å². The Morgan fingerprint density at radius 1 is 1.00 bits per heavy atom. The minimum Gasteiger partial charge on any atom is -0.310 e. The second-order valence-electron chi connectivity index (χ2n) is 8.77. The SMILES string of the molecule is O=C1CC(=O)/C(=C/c2ccnc(CC3CCC(NCc4cccc5ncccc45)CC3)n2)S1. The number of benzene rings is 1. The van der Waals surface area contributed by atoms with Crippen LogP contribution in [0.25, 0.3) is 17.0 Å². The molecule has 0 amide bonds. The Bertz CT molecular complexity index is 1210. The third-order valence-electron chi connectivity index (χ3n) is 6.44. The summed E-state index contributed by atoms with van der Waals surface area (Å²) in [7, 11) is 0. The van der Waals surface area contributed by atoms with Gasteiger partial charge in [-0.3, -0.25) is 14.6 Å². The van der Waals surface area contributed by atoms with Crippen LogP contribution in [0.1, 0.15) is 49.2 Å². The predicted molar refractivity (Wildman–Crippen MR) is 130 cm³/mol. The molecule has 1 aliphatic heterocycles. The lowest BCUT2D eigenvalue weighted by Crippen LogP contribution is -2.33. The Hall–Kier alpha value is -2.90. The molecule has 3 aromatic rings. The Kier molecular flexibility index (Phi) is 6.60. The van der Waals surface area contributed by atoms with Crippen LogP contribution in [0.15, 0.2) is 53.7 Å². The number of allylic oxidation sites excluding steroid dienone is 1. The summed E-state index contributed by atoms with van der Waals surface area (Å²) in [6, 6.07) is 12.8. The monoisotopic (exact) mass is 458 g/mol. The van der Waals surface area contributed by atoms with Gasteiger partial charge >= 0.3 is 0 Å². The summed E-state index contributed by atoms with van der Waals surface area (Å²) in [5.74, 6) is 1.26.